The smallest absolute Gasteiger partial charge is 0.288 e. The lowest BCUT2D eigenvalue weighted by Gasteiger charge is -2.06. The fourth-order valence-corrected chi connectivity index (χ4v) is 2.48. The Labute approximate surface area is 154 Å². The van der Waals surface area contributed by atoms with Gasteiger partial charge in [-0.05, 0) is 43.3 Å². The number of benzene rings is 2. The number of thioether (sulfide) groups is 1. The summed E-state index contributed by atoms with van der Waals surface area (Å²) in [6, 6.07) is 13.4. The Morgan fingerprint density at radius 1 is 1.23 bits per heavy atom. The predicted molar refractivity (Wildman–Crippen MR) is 98.1 cm³/mol. The van der Waals surface area contributed by atoms with Gasteiger partial charge in [0.15, 0.2) is 6.61 Å². The number of ether oxygens (including phenoxy) is 1. The normalized spacial score (nSPS) is 10.9. The molecule has 8 heteroatoms. The third-order valence-corrected chi connectivity index (χ3v) is 3.77. The maximum absolute atomic E-state index is 12.3. The summed E-state index contributed by atoms with van der Waals surface area (Å²) in [6.07, 6.45) is 1.47. The van der Waals surface area contributed by atoms with Crippen molar-refractivity contribution in [3.63, 3.8) is 0 Å². The van der Waals surface area contributed by atoms with Crippen LogP contribution in [0.3, 0.4) is 0 Å². The molecule has 0 aliphatic heterocycles. The number of alkyl halides is 2. The maximum Gasteiger partial charge on any atom is 0.288 e. The molecule has 138 valence electrons. The highest BCUT2D eigenvalue weighted by molar-refractivity contribution is 7.99. The number of anilines is 1. The van der Waals surface area contributed by atoms with Crippen LogP contribution in [0.1, 0.15) is 12.5 Å². The molecule has 1 N–H and O–H groups in total. The standard InChI is InChI=1S/C18H18F2N2O3S/c1-2-24-16-6-4-3-5-13(16)11-21-25-12-17(23)22-14-7-9-15(10-8-14)26-18(19)20/h3-11,18H,2,12H2,1H3,(H,22,23)/b21-11+. The molecule has 0 saturated carbocycles. The fraction of sp³-hybridized carbons (Fsp3) is 0.222. The largest absolute Gasteiger partial charge is 0.493 e. The number of carbonyl (C=O) groups excluding carboxylic acids is 1. The Balaban J connectivity index is 1.80. The summed E-state index contributed by atoms with van der Waals surface area (Å²) >= 11 is 0.445. The molecule has 0 aliphatic rings. The third-order valence-electron chi connectivity index (χ3n) is 3.04. The summed E-state index contributed by atoms with van der Waals surface area (Å²) in [4.78, 5) is 17.2. The number of nitrogens with zero attached hydrogens (tertiary/aromatic N) is 1. The van der Waals surface area contributed by atoms with E-state index in [1.807, 2.05) is 31.2 Å². The SMILES string of the molecule is CCOc1ccccc1/C=N/OCC(=O)Nc1ccc(SC(F)F)cc1. The van der Waals surface area contributed by atoms with Crippen molar-refractivity contribution in [1.82, 2.24) is 0 Å². The van der Waals surface area contributed by atoms with Crippen LogP contribution < -0.4 is 10.1 Å². The first-order chi connectivity index (χ1) is 12.6. The first kappa shape index (κ1) is 19.7. The highest BCUT2D eigenvalue weighted by Gasteiger charge is 2.06. The monoisotopic (exact) mass is 380 g/mol. The highest BCUT2D eigenvalue weighted by Crippen LogP contribution is 2.26. The van der Waals surface area contributed by atoms with Crippen molar-refractivity contribution >= 4 is 29.6 Å². The molecule has 0 aromatic heterocycles. The molecular formula is C18H18F2N2O3S. The number of hydrogen-bond acceptors (Lipinski definition) is 5. The molecule has 0 aliphatic carbocycles. The van der Waals surface area contributed by atoms with Crippen molar-refractivity contribution in [1.29, 1.82) is 0 Å². The van der Waals surface area contributed by atoms with Crippen molar-refractivity contribution in [2.45, 2.75) is 17.6 Å². The Hall–Kier alpha value is -2.61. The molecule has 0 radical (unpaired) electrons. The minimum absolute atomic E-state index is 0.277. The average Bonchev–Trinajstić information content (AvgIpc) is 2.61. The molecule has 0 saturated heterocycles. The second-order valence-electron chi connectivity index (χ2n) is 4.93. The van der Waals surface area contributed by atoms with Crippen LogP contribution in [0.4, 0.5) is 14.5 Å². The first-order valence-electron chi connectivity index (χ1n) is 7.80. The number of carbonyl (C=O) groups is 1. The maximum atomic E-state index is 12.3. The average molecular weight is 380 g/mol. The second-order valence-corrected chi connectivity index (χ2v) is 5.99. The Morgan fingerprint density at radius 2 is 1.96 bits per heavy atom. The molecular weight excluding hydrogens is 362 g/mol. The van der Waals surface area contributed by atoms with Crippen LogP contribution in [0.2, 0.25) is 0 Å². The van der Waals surface area contributed by atoms with E-state index in [2.05, 4.69) is 10.5 Å². The fourth-order valence-electron chi connectivity index (χ4n) is 1.98. The van der Waals surface area contributed by atoms with Crippen molar-refractivity contribution < 1.29 is 23.1 Å². The van der Waals surface area contributed by atoms with E-state index in [4.69, 9.17) is 9.57 Å². The summed E-state index contributed by atoms with van der Waals surface area (Å²) < 4.78 is 30.0. The zero-order valence-electron chi connectivity index (χ0n) is 14.0. The van der Waals surface area contributed by atoms with Crippen LogP contribution in [0.15, 0.2) is 58.6 Å². The summed E-state index contributed by atoms with van der Waals surface area (Å²) in [7, 11) is 0. The Morgan fingerprint density at radius 3 is 2.65 bits per heavy atom. The van der Waals surface area contributed by atoms with Gasteiger partial charge in [-0.1, -0.05) is 29.1 Å². The molecule has 2 aromatic rings. The molecule has 0 heterocycles. The lowest BCUT2D eigenvalue weighted by Crippen LogP contribution is -2.16. The van der Waals surface area contributed by atoms with Crippen LogP contribution in [-0.4, -0.2) is 31.1 Å². The van der Waals surface area contributed by atoms with Crippen LogP contribution in [0, 0.1) is 0 Å². The lowest BCUT2D eigenvalue weighted by molar-refractivity contribution is -0.120. The number of rotatable bonds is 9. The number of oxime groups is 1. The van der Waals surface area contributed by atoms with Crippen molar-refractivity contribution in [3.05, 3.63) is 54.1 Å². The van der Waals surface area contributed by atoms with Gasteiger partial charge in [0.2, 0.25) is 0 Å². The van der Waals surface area contributed by atoms with Gasteiger partial charge < -0.3 is 14.9 Å². The van der Waals surface area contributed by atoms with E-state index < -0.39 is 11.7 Å². The van der Waals surface area contributed by atoms with Crippen molar-refractivity contribution in [2.75, 3.05) is 18.5 Å². The molecule has 0 unspecified atom stereocenters. The minimum Gasteiger partial charge on any atom is -0.493 e. The Kier molecular flexibility index (Phi) is 7.88. The topological polar surface area (TPSA) is 59.9 Å². The second kappa shape index (κ2) is 10.4. The van der Waals surface area contributed by atoms with Gasteiger partial charge in [0.1, 0.15) is 5.75 Å². The van der Waals surface area contributed by atoms with Gasteiger partial charge in [-0.3, -0.25) is 4.79 Å². The summed E-state index contributed by atoms with van der Waals surface area (Å²) in [5.74, 6) is -2.21. The zero-order chi connectivity index (χ0) is 18.8. The van der Waals surface area contributed by atoms with Crippen LogP contribution in [-0.2, 0) is 9.63 Å². The molecule has 0 spiro atoms. The van der Waals surface area contributed by atoms with Crippen molar-refractivity contribution in [3.8, 4) is 5.75 Å². The number of amides is 1. The van der Waals surface area contributed by atoms with Crippen molar-refractivity contribution in [2.24, 2.45) is 5.16 Å². The van der Waals surface area contributed by atoms with Gasteiger partial charge in [-0.25, -0.2) is 0 Å². The predicted octanol–water partition coefficient (Wildman–Crippen LogP) is 4.39. The van der Waals surface area contributed by atoms with Gasteiger partial charge >= 0.3 is 0 Å². The number of para-hydroxylation sites is 1. The van der Waals surface area contributed by atoms with E-state index >= 15 is 0 Å². The van der Waals surface area contributed by atoms with E-state index in [1.165, 1.54) is 18.3 Å². The van der Waals surface area contributed by atoms with Gasteiger partial charge in [0.05, 0.1) is 12.8 Å². The van der Waals surface area contributed by atoms with Crippen LogP contribution in [0.5, 0.6) is 5.75 Å². The minimum atomic E-state index is -2.48. The molecule has 1 amide bonds. The molecule has 0 fully saturated rings. The highest BCUT2D eigenvalue weighted by atomic mass is 32.2. The number of hydrogen-bond donors (Lipinski definition) is 1. The van der Waals surface area contributed by atoms with Gasteiger partial charge in [0.25, 0.3) is 11.7 Å². The van der Waals surface area contributed by atoms with E-state index in [9.17, 15) is 13.6 Å². The molecule has 5 nitrogen and oxygen atoms in total. The first-order valence-corrected chi connectivity index (χ1v) is 8.68. The van der Waals surface area contributed by atoms with Gasteiger partial charge in [-0.2, -0.15) is 8.78 Å². The molecule has 0 atom stereocenters. The Bertz CT molecular complexity index is 739. The number of halogens is 2. The molecule has 0 bridgehead atoms. The van der Waals surface area contributed by atoms with Crippen LogP contribution >= 0.6 is 11.8 Å². The van der Waals surface area contributed by atoms with E-state index in [0.717, 1.165) is 5.56 Å². The third kappa shape index (κ3) is 6.72. The molecule has 2 aromatic carbocycles. The molecule has 26 heavy (non-hydrogen) atoms. The van der Waals surface area contributed by atoms with E-state index in [-0.39, 0.29) is 6.61 Å². The summed E-state index contributed by atoms with van der Waals surface area (Å²) in [6.45, 7) is 2.14. The lowest BCUT2D eigenvalue weighted by atomic mass is 10.2. The number of nitrogens with one attached hydrogen (secondary N) is 1. The van der Waals surface area contributed by atoms with Gasteiger partial charge in [-0.15, -0.1) is 0 Å². The zero-order valence-corrected chi connectivity index (χ0v) is 14.8. The summed E-state index contributed by atoms with van der Waals surface area (Å²) in [5.41, 5.74) is 1.23. The molecule has 2 rings (SSSR count). The quantitative estimate of drug-likeness (QED) is 0.398. The van der Waals surface area contributed by atoms with E-state index in [0.29, 0.717) is 34.7 Å². The summed E-state index contributed by atoms with van der Waals surface area (Å²) in [5, 5.41) is 6.35. The van der Waals surface area contributed by atoms with E-state index in [1.54, 1.807) is 12.1 Å². The van der Waals surface area contributed by atoms with Gasteiger partial charge in [0, 0.05) is 16.1 Å². The van der Waals surface area contributed by atoms with Crippen LogP contribution in [0.25, 0.3) is 0 Å².